The number of thiophene rings is 1. The van der Waals surface area contributed by atoms with Crippen molar-refractivity contribution in [3.05, 3.63) is 10.9 Å². The van der Waals surface area contributed by atoms with Crippen molar-refractivity contribution in [2.45, 2.75) is 26.3 Å². The van der Waals surface area contributed by atoms with E-state index in [9.17, 15) is 5.11 Å². The van der Waals surface area contributed by atoms with E-state index in [0.29, 0.717) is 11.9 Å². The molecule has 0 amide bonds. The Morgan fingerprint density at radius 1 is 1.50 bits per heavy atom. The Kier molecular flexibility index (Phi) is 3.52. The number of anilines is 2. The van der Waals surface area contributed by atoms with Crippen LogP contribution in [0.25, 0.3) is 10.2 Å². The zero-order chi connectivity index (χ0) is 14.3. The van der Waals surface area contributed by atoms with Crippen LogP contribution in [0.3, 0.4) is 0 Å². The summed E-state index contributed by atoms with van der Waals surface area (Å²) in [6, 6.07) is 2.30. The Bertz CT molecular complexity index is 627. The lowest BCUT2D eigenvalue weighted by molar-refractivity contribution is 0.244. The zero-order valence-corrected chi connectivity index (χ0v) is 12.9. The van der Waals surface area contributed by atoms with E-state index in [1.165, 1.54) is 4.88 Å². The van der Waals surface area contributed by atoms with Gasteiger partial charge in [-0.05, 0) is 25.3 Å². The fraction of sp³-hybridized carbons (Fsp3) is 0.571. The predicted molar refractivity (Wildman–Crippen MR) is 83.7 cm³/mol. The topological polar surface area (TPSA) is 61.3 Å². The molecule has 0 bridgehead atoms. The van der Waals surface area contributed by atoms with Crippen molar-refractivity contribution in [3.63, 3.8) is 0 Å². The van der Waals surface area contributed by atoms with E-state index in [1.54, 1.807) is 11.3 Å². The summed E-state index contributed by atoms with van der Waals surface area (Å²) < 4.78 is 0. The number of nitrogens with zero attached hydrogens (tertiary/aromatic N) is 3. The van der Waals surface area contributed by atoms with Crippen molar-refractivity contribution in [1.29, 1.82) is 0 Å². The molecule has 2 aromatic rings. The van der Waals surface area contributed by atoms with Crippen LogP contribution in [0.2, 0.25) is 0 Å². The lowest BCUT2D eigenvalue weighted by Gasteiger charge is -2.27. The Labute approximate surface area is 122 Å². The van der Waals surface area contributed by atoms with Crippen molar-refractivity contribution < 1.29 is 5.11 Å². The van der Waals surface area contributed by atoms with Gasteiger partial charge in [0.15, 0.2) is 0 Å². The second-order valence-electron chi connectivity index (χ2n) is 5.41. The summed E-state index contributed by atoms with van der Waals surface area (Å²) in [5.41, 5.74) is 0. The molecule has 6 heteroatoms. The number of aryl methyl sites for hydroxylation is 1. The zero-order valence-electron chi connectivity index (χ0n) is 12.1. The molecule has 1 saturated heterocycles. The van der Waals surface area contributed by atoms with Crippen LogP contribution in [-0.4, -0.2) is 41.3 Å². The van der Waals surface area contributed by atoms with Gasteiger partial charge in [-0.25, -0.2) is 4.98 Å². The predicted octanol–water partition coefficient (Wildman–Crippen LogP) is 2.25. The molecule has 0 aliphatic carbocycles. The quantitative estimate of drug-likeness (QED) is 0.908. The molecule has 108 valence electrons. The van der Waals surface area contributed by atoms with Gasteiger partial charge in [0.2, 0.25) is 5.95 Å². The molecule has 5 nitrogen and oxygen atoms in total. The number of aliphatic hydroxyl groups excluding tert-OH is 1. The molecule has 2 unspecified atom stereocenters. The van der Waals surface area contributed by atoms with Crippen LogP contribution in [0.5, 0.6) is 0 Å². The highest BCUT2D eigenvalue weighted by Gasteiger charge is 2.33. The molecular formula is C14H20N4OS. The molecule has 2 N–H and O–H groups in total. The summed E-state index contributed by atoms with van der Waals surface area (Å²) in [6.45, 7) is 5.39. The van der Waals surface area contributed by atoms with Gasteiger partial charge in [-0.2, -0.15) is 4.98 Å². The van der Waals surface area contributed by atoms with Crippen molar-refractivity contribution in [1.82, 2.24) is 9.97 Å². The van der Waals surface area contributed by atoms with E-state index in [-0.39, 0.29) is 12.6 Å². The van der Waals surface area contributed by atoms with Crippen molar-refractivity contribution in [2.75, 3.05) is 30.4 Å². The molecule has 0 radical (unpaired) electrons. The molecule has 0 spiro atoms. The number of fused-ring (bicyclic) bond motifs is 1. The minimum atomic E-state index is 0.151. The van der Waals surface area contributed by atoms with Crippen molar-refractivity contribution in [3.8, 4) is 0 Å². The number of hydrogen-bond acceptors (Lipinski definition) is 6. The standard InChI is InChI=1S/C14H20N4OS/c1-8-4-5-18(11(8)7-19)12-10-6-9(2)20-13(10)17-14(15-3)16-12/h6,8,11,19H,4-5,7H2,1-3H3,(H,15,16,17). The SMILES string of the molecule is CNc1nc(N2CCC(C)C2CO)c2cc(C)sc2n1. The van der Waals surface area contributed by atoms with E-state index < -0.39 is 0 Å². The monoisotopic (exact) mass is 292 g/mol. The Balaban J connectivity index is 2.14. The van der Waals surface area contributed by atoms with Crippen molar-refractivity contribution in [2.24, 2.45) is 5.92 Å². The van der Waals surface area contributed by atoms with Crippen LogP contribution in [-0.2, 0) is 0 Å². The average molecular weight is 292 g/mol. The highest BCUT2D eigenvalue weighted by molar-refractivity contribution is 7.18. The van der Waals surface area contributed by atoms with Gasteiger partial charge >= 0.3 is 0 Å². The summed E-state index contributed by atoms with van der Waals surface area (Å²) in [6.07, 6.45) is 1.09. The number of aliphatic hydroxyl groups is 1. The lowest BCUT2D eigenvalue weighted by atomic mass is 10.0. The smallest absolute Gasteiger partial charge is 0.225 e. The van der Waals surface area contributed by atoms with Gasteiger partial charge in [-0.1, -0.05) is 6.92 Å². The van der Waals surface area contributed by atoms with Gasteiger partial charge < -0.3 is 15.3 Å². The van der Waals surface area contributed by atoms with Crippen LogP contribution in [0, 0.1) is 12.8 Å². The van der Waals surface area contributed by atoms with E-state index in [2.05, 4.69) is 40.1 Å². The van der Waals surface area contributed by atoms with Crippen molar-refractivity contribution >= 4 is 33.3 Å². The van der Waals surface area contributed by atoms with Gasteiger partial charge in [0.05, 0.1) is 18.0 Å². The second-order valence-corrected chi connectivity index (χ2v) is 6.64. The molecule has 1 aliphatic heterocycles. The normalized spacial score (nSPS) is 22.7. The maximum Gasteiger partial charge on any atom is 0.225 e. The summed E-state index contributed by atoms with van der Waals surface area (Å²) in [5.74, 6) is 2.08. The fourth-order valence-electron chi connectivity index (χ4n) is 2.91. The van der Waals surface area contributed by atoms with Crippen LogP contribution in [0.1, 0.15) is 18.2 Å². The van der Waals surface area contributed by atoms with Crippen LogP contribution < -0.4 is 10.2 Å². The van der Waals surface area contributed by atoms with E-state index in [4.69, 9.17) is 0 Å². The number of hydrogen-bond donors (Lipinski definition) is 2. The highest BCUT2D eigenvalue weighted by atomic mass is 32.1. The largest absolute Gasteiger partial charge is 0.394 e. The molecule has 0 saturated carbocycles. The van der Waals surface area contributed by atoms with E-state index >= 15 is 0 Å². The molecule has 2 atom stereocenters. The maximum atomic E-state index is 9.67. The number of nitrogens with one attached hydrogen (secondary N) is 1. The van der Waals surface area contributed by atoms with Gasteiger partial charge in [0, 0.05) is 18.5 Å². The third-order valence-electron chi connectivity index (χ3n) is 4.06. The molecule has 1 aliphatic rings. The molecule has 1 fully saturated rings. The van der Waals surface area contributed by atoms with Gasteiger partial charge in [-0.15, -0.1) is 11.3 Å². The minimum Gasteiger partial charge on any atom is -0.394 e. The fourth-order valence-corrected chi connectivity index (χ4v) is 3.78. The van der Waals surface area contributed by atoms with Gasteiger partial charge in [-0.3, -0.25) is 0 Å². The first-order valence-corrected chi connectivity index (χ1v) is 7.79. The molecule has 3 heterocycles. The molecular weight excluding hydrogens is 272 g/mol. The molecule has 0 aromatic carbocycles. The van der Waals surface area contributed by atoms with Gasteiger partial charge in [0.1, 0.15) is 10.6 Å². The highest BCUT2D eigenvalue weighted by Crippen LogP contribution is 2.36. The first kappa shape index (κ1) is 13.6. The third-order valence-corrected chi connectivity index (χ3v) is 5.01. The Hall–Kier alpha value is -1.40. The summed E-state index contributed by atoms with van der Waals surface area (Å²) in [7, 11) is 1.83. The second kappa shape index (κ2) is 5.18. The Morgan fingerprint density at radius 2 is 2.30 bits per heavy atom. The summed E-state index contributed by atoms with van der Waals surface area (Å²) in [5, 5.41) is 13.8. The van der Waals surface area contributed by atoms with Crippen LogP contribution in [0.15, 0.2) is 6.07 Å². The molecule has 2 aromatic heterocycles. The number of aromatic nitrogens is 2. The van der Waals surface area contributed by atoms with E-state index in [1.807, 2.05) is 7.05 Å². The van der Waals surface area contributed by atoms with E-state index in [0.717, 1.165) is 29.0 Å². The van der Waals surface area contributed by atoms with Crippen LogP contribution in [0.4, 0.5) is 11.8 Å². The number of rotatable bonds is 3. The first-order chi connectivity index (χ1) is 9.63. The first-order valence-electron chi connectivity index (χ1n) is 6.97. The Morgan fingerprint density at radius 3 is 3.00 bits per heavy atom. The molecule has 3 rings (SSSR count). The van der Waals surface area contributed by atoms with Crippen LogP contribution >= 0.6 is 11.3 Å². The summed E-state index contributed by atoms with van der Waals surface area (Å²) >= 11 is 1.68. The third kappa shape index (κ3) is 2.13. The lowest BCUT2D eigenvalue weighted by Crippen LogP contribution is -2.36. The van der Waals surface area contributed by atoms with Gasteiger partial charge in [0.25, 0.3) is 0 Å². The molecule has 20 heavy (non-hydrogen) atoms. The maximum absolute atomic E-state index is 9.67. The average Bonchev–Trinajstić information content (AvgIpc) is 2.99. The summed E-state index contributed by atoms with van der Waals surface area (Å²) in [4.78, 5) is 13.6. The minimum absolute atomic E-state index is 0.151.